The van der Waals surface area contributed by atoms with Crippen LogP contribution in [-0.2, 0) is 11.3 Å². The molecule has 1 aromatic rings. The molecule has 1 atom stereocenters. The van der Waals surface area contributed by atoms with Gasteiger partial charge in [-0.05, 0) is 20.3 Å². The Morgan fingerprint density at radius 3 is 3.00 bits per heavy atom. The summed E-state index contributed by atoms with van der Waals surface area (Å²) in [6.45, 7) is 10.6. The van der Waals surface area contributed by atoms with Crippen LogP contribution in [0.4, 0.5) is 5.82 Å². The van der Waals surface area contributed by atoms with E-state index in [0.29, 0.717) is 6.04 Å². The standard InChI is InChI=1S/C14H24N4O/c1-4-12-10-19-7-6-18(12)9-14-16-11(3)8-13(17-14)15-5-2/h8,12H,4-7,9-10H2,1-3H3,(H,15,16,17). The van der Waals surface area contributed by atoms with Crippen molar-refractivity contribution in [1.29, 1.82) is 0 Å². The van der Waals surface area contributed by atoms with Gasteiger partial charge < -0.3 is 10.1 Å². The predicted octanol–water partition coefficient (Wildman–Crippen LogP) is 1.83. The lowest BCUT2D eigenvalue weighted by Crippen LogP contribution is -2.44. The second kappa shape index (κ2) is 6.82. The number of morpholine rings is 1. The smallest absolute Gasteiger partial charge is 0.144 e. The van der Waals surface area contributed by atoms with Crippen LogP contribution in [0, 0.1) is 6.92 Å². The van der Waals surface area contributed by atoms with E-state index in [2.05, 4.69) is 34.0 Å². The number of aryl methyl sites for hydroxylation is 1. The topological polar surface area (TPSA) is 50.3 Å². The summed E-state index contributed by atoms with van der Waals surface area (Å²) in [5, 5.41) is 3.26. The molecule has 1 aliphatic rings. The summed E-state index contributed by atoms with van der Waals surface area (Å²) in [5.74, 6) is 1.82. The summed E-state index contributed by atoms with van der Waals surface area (Å²) in [7, 11) is 0. The van der Waals surface area contributed by atoms with Crippen molar-refractivity contribution in [1.82, 2.24) is 14.9 Å². The molecule has 106 valence electrons. The van der Waals surface area contributed by atoms with E-state index in [1.807, 2.05) is 13.0 Å². The molecular weight excluding hydrogens is 240 g/mol. The zero-order valence-electron chi connectivity index (χ0n) is 12.1. The average molecular weight is 264 g/mol. The molecule has 2 rings (SSSR count). The van der Waals surface area contributed by atoms with Crippen LogP contribution in [0.5, 0.6) is 0 Å². The molecule has 5 heteroatoms. The average Bonchev–Trinajstić information content (AvgIpc) is 2.39. The second-order valence-electron chi connectivity index (χ2n) is 4.95. The highest BCUT2D eigenvalue weighted by atomic mass is 16.5. The van der Waals surface area contributed by atoms with Crippen LogP contribution >= 0.6 is 0 Å². The summed E-state index contributed by atoms with van der Waals surface area (Å²) in [5.41, 5.74) is 1.02. The van der Waals surface area contributed by atoms with Gasteiger partial charge in [-0.2, -0.15) is 0 Å². The Balaban J connectivity index is 2.08. The molecule has 1 N–H and O–H groups in total. The highest BCUT2D eigenvalue weighted by molar-refractivity contribution is 5.35. The maximum absolute atomic E-state index is 5.53. The van der Waals surface area contributed by atoms with Crippen molar-refractivity contribution < 1.29 is 4.74 Å². The zero-order chi connectivity index (χ0) is 13.7. The van der Waals surface area contributed by atoms with Crippen molar-refractivity contribution in [3.8, 4) is 0 Å². The van der Waals surface area contributed by atoms with E-state index in [4.69, 9.17) is 4.74 Å². The van der Waals surface area contributed by atoms with E-state index in [-0.39, 0.29) is 0 Å². The quantitative estimate of drug-likeness (QED) is 0.879. The lowest BCUT2D eigenvalue weighted by molar-refractivity contribution is -0.0138. The van der Waals surface area contributed by atoms with Crippen LogP contribution < -0.4 is 5.32 Å². The third-order valence-electron chi connectivity index (χ3n) is 3.42. The minimum atomic E-state index is 0.487. The van der Waals surface area contributed by atoms with Gasteiger partial charge in [0.2, 0.25) is 0 Å². The molecule has 19 heavy (non-hydrogen) atoms. The van der Waals surface area contributed by atoms with Crippen molar-refractivity contribution in [2.75, 3.05) is 31.6 Å². The van der Waals surface area contributed by atoms with Crippen molar-refractivity contribution in [2.24, 2.45) is 0 Å². The fourth-order valence-corrected chi connectivity index (χ4v) is 2.43. The maximum Gasteiger partial charge on any atom is 0.144 e. The number of hydrogen-bond acceptors (Lipinski definition) is 5. The summed E-state index contributed by atoms with van der Waals surface area (Å²) in [6.07, 6.45) is 1.10. The van der Waals surface area contributed by atoms with Gasteiger partial charge in [-0.3, -0.25) is 4.90 Å². The number of rotatable bonds is 5. The third-order valence-corrected chi connectivity index (χ3v) is 3.42. The zero-order valence-corrected chi connectivity index (χ0v) is 12.1. The Morgan fingerprint density at radius 2 is 2.26 bits per heavy atom. The molecule has 0 bridgehead atoms. The molecule has 1 saturated heterocycles. The summed E-state index contributed by atoms with van der Waals surface area (Å²) < 4.78 is 5.53. The van der Waals surface area contributed by atoms with Gasteiger partial charge in [0.15, 0.2) is 0 Å². The first kappa shape index (κ1) is 14.2. The molecule has 0 radical (unpaired) electrons. The van der Waals surface area contributed by atoms with Crippen LogP contribution in [0.3, 0.4) is 0 Å². The normalized spacial score (nSPS) is 20.5. The Hall–Kier alpha value is -1.20. The number of ether oxygens (including phenoxy) is 1. The second-order valence-corrected chi connectivity index (χ2v) is 4.95. The van der Waals surface area contributed by atoms with Gasteiger partial charge in [0.05, 0.1) is 19.8 Å². The van der Waals surface area contributed by atoms with Crippen molar-refractivity contribution in [2.45, 2.75) is 39.8 Å². The van der Waals surface area contributed by atoms with Crippen LogP contribution in [-0.4, -0.2) is 47.2 Å². The van der Waals surface area contributed by atoms with E-state index in [0.717, 1.165) is 56.6 Å². The van der Waals surface area contributed by atoms with E-state index in [9.17, 15) is 0 Å². The Bertz CT molecular complexity index is 410. The molecule has 0 spiro atoms. The largest absolute Gasteiger partial charge is 0.378 e. The molecular formula is C14H24N4O. The van der Waals surface area contributed by atoms with Crippen LogP contribution in [0.15, 0.2) is 6.07 Å². The number of nitrogens with zero attached hydrogens (tertiary/aromatic N) is 3. The number of nitrogens with one attached hydrogen (secondary N) is 1. The molecule has 5 nitrogen and oxygen atoms in total. The maximum atomic E-state index is 5.53. The number of hydrogen-bond donors (Lipinski definition) is 1. The van der Waals surface area contributed by atoms with Gasteiger partial charge in [-0.15, -0.1) is 0 Å². The van der Waals surface area contributed by atoms with Gasteiger partial charge in [0, 0.05) is 30.9 Å². The monoisotopic (exact) mass is 264 g/mol. The van der Waals surface area contributed by atoms with Crippen molar-refractivity contribution in [3.63, 3.8) is 0 Å². The van der Waals surface area contributed by atoms with Gasteiger partial charge in [0.25, 0.3) is 0 Å². The number of aromatic nitrogens is 2. The Morgan fingerprint density at radius 1 is 1.42 bits per heavy atom. The molecule has 0 aliphatic carbocycles. The summed E-state index contributed by atoms with van der Waals surface area (Å²) >= 11 is 0. The Labute approximate surface area is 115 Å². The Kier molecular flexibility index (Phi) is 5.10. The fourth-order valence-electron chi connectivity index (χ4n) is 2.43. The fraction of sp³-hybridized carbons (Fsp3) is 0.714. The van der Waals surface area contributed by atoms with Crippen LogP contribution in [0.2, 0.25) is 0 Å². The lowest BCUT2D eigenvalue weighted by Gasteiger charge is -2.34. The molecule has 0 aromatic carbocycles. The molecule has 0 amide bonds. The molecule has 2 heterocycles. The molecule has 0 saturated carbocycles. The lowest BCUT2D eigenvalue weighted by atomic mass is 10.2. The molecule has 1 unspecified atom stereocenters. The van der Waals surface area contributed by atoms with Crippen molar-refractivity contribution in [3.05, 3.63) is 17.6 Å². The van der Waals surface area contributed by atoms with Gasteiger partial charge >= 0.3 is 0 Å². The van der Waals surface area contributed by atoms with E-state index >= 15 is 0 Å². The number of anilines is 1. The molecule has 1 aromatic heterocycles. The summed E-state index contributed by atoms with van der Waals surface area (Å²) in [6, 6.07) is 2.48. The van der Waals surface area contributed by atoms with Crippen LogP contribution in [0.25, 0.3) is 0 Å². The van der Waals surface area contributed by atoms with E-state index in [1.54, 1.807) is 0 Å². The minimum Gasteiger partial charge on any atom is -0.378 e. The van der Waals surface area contributed by atoms with Gasteiger partial charge in [-0.1, -0.05) is 6.92 Å². The highest BCUT2D eigenvalue weighted by Crippen LogP contribution is 2.14. The third kappa shape index (κ3) is 3.88. The molecule has 1 fully saturated rings. The van der Waals surface area contributed by atoms with E-state index < -0.39 is 0 Å². The first-order valence-corrected chi connectivity index (χ1v) is 7.13. The van der Waals surface area contributed by atoms with E-state index in [1.165, 1.54) is 0 Å². The SMILES string of the molecule is CCNc1cc(C)nc(CN2CCOCC2CC)n1. The highest BCUT2D eigenvalue weighted by Gasteiger charge is 2.22. The van der Waals surface area contributed by atoms with Crippen LogP contribution in [0.1, 0.15) is 31.8 Å². The first-order chi connectivity index (χ1) is 9.22. The molecule has 1 aliphatic heterocycles. The predicted molar refractivity (Wildman–Crippen MR) is 76.2 cm³/mol. The first-order valence-electron chi connectivity index (χ1n) is 7.13. The van der Waals surface area contributed by atoms with Gasteiger partial charge in [-0.25, -0.2) is 9.97 Å². The summed E-state index contributed by atoms with van der Waals surface area (Å²) in [4.78, 5) is 11.6. The van der Waals surface area contributed by atoms with Gasteiger partial charge in [0.1, 0.15) is 11.6 Å². The van der Waals surface area contributed by atoms with Crippen molar-refractivity contribution >= 4 is 5.82 Å². The minimum absolute atomic E-state index is 0.487.